The summed E-state index contributed by atoms with van der Waals surface area (Å²) in [6.07, 6.45) is 5.55. The van der Waals surface area contributed by atoms with Gasteiger partial charge in [-0.15, -0.1) is 0 Å². The molecule has 2 fully saturated rings. The Morgan fingerprint density at radius 3 is 2.73 bits per heavy atom. The van der Waals surface area contributed by atoms with Gasteiger partial charge in [0.05, 0.1) is 0 Å². The SMILES string of the molecule is CC(C)(C)CN1CCC[C@H]2NCCC[C@H]21. The van der Waals surface area contributed by atoms with E-state index < -0.39 is 0 Å². The number of fused-ring (bicyclic) bond motifs is 1. The molecule has 2 aliphatic heterocycles. The zero-order chi connectivity index (χ0) is 10.9. The van der Waals surface area contributed by atoms with Crippen molar-refractivity contribution in [3.05, 3.63) is 0 Å². The zero-order valence-corrected chi connectivity index (χ0v) is 10.6. The minimum Gasteiger partial charge on any atom is -0.312 e. The van der Waals surface area contributed by atoms with Crippen molar-refractivity contribution in [2.75, 3.05) is 19.6 Å². The van der Waals surface area contributed by atoms with Crippen LogP contribution in [0, 0.1) is 5.41 Å². The fourth-order valence-electron chi connectivity index (χ4n) is 3.15. The van der Waals surface area contributed by atoms with Crippen molar-refractivity contribution in [3.63, 3.8) is 0 Å². The molecule has 2 heterocycles. The molecule has 15 heavy (non-hydrogen) atoms. The maximum Gasteiger partial charge on any atom is 0.0250 e. The van der Waals surface area contributed by atoms with Gasteiger partial charge in [0, 0.05) is 18.6 Å². The van der Waals surface area contributed by atoms with Crippen LogP contribution in [0.25, 0.3) is 0 Å². The molecule has 0 aliphatic carbocycles. The lowest BCUT2D eigenvalue weighted by Crippen LogP contribution is -2.58. The van der Waals surface area contributed by atoms with E-state index in [4.69, 9.17) is 0 Å². The van der Waals surface area contributed by atoms with Crippen LogP contribution in [0.3, 0.4) is 0 Å². The molecule has 0 unspecified atom stereocenters. The smallest absolute Gasteiger partial charge is 0.0250 e. The van der Waals surface area contributed by atoms with E-state index in [1.54, 1.807) is 0 Å². The molecule has 0 spiro atoms. The number of hydrogen-bond acceptors (Lipinski definition) is 2. The largest absolute Gasteiger partial charge is 0.312 e. The Labute approximate surface area is 94.4 Å². The van der Waals surface area contributed by atoms with E-state index >= 15 is 0 Å². The summed E-state index contributed by atoms with van der Waals surface area (Å²) >= 11 is 0. The highest BCUT2D eigenvalue weighted by atomic mass is 15.2. The lowest BCUT2D eigenvalue weighted by molar-refractivity contribution is 0.0577. The summed E-state index contributed by atoms with van der Waals surface area (Å²) in [6.45, 7) is 10.9. The highest BCUT2D eigenvalue weighted by molar-refractivity contribution is 4.93. The van der Waals surface area contributed by atoms with Crippen molar-refractivity contribution in [2.24, 2.45) is 5.41 Å². The maximum absolute atomic E-state index is 3.70. The topological polar surface area (TPSA) is 15.3 Å². The molecule has 0 saturated carbocycles. The first-order valence-electron chi connectivity index (χ1n) is 6.54. The van der Waals surface area contributed by atoms with Gasteiger partial charge < -0.3 is 5.32 Å². The fraction of sp³-hybridized carbons (Fsp3) is 1.00. The number of nitrogens with zero attached hydrogens (tertiary/aromatic N) is 1. The Balaban J connectivity index is 1.97. The van der Waals surface area contributed by atoms with E-state index in [1.165, 1.54) is 45.3 Å². The Morgan fingerprint density at radius 1 is 1.20 bits per heavy atom. The molecular weight excluding hydrogens is 184 g/mol. The number of likely N-dealkylation sites (tertiary alicyclic amines) is 1. The van der Waals surface area contributed by atoms with Crippen LogP contribution in [-0.4, -0.2) is 36.6 Å². The predicted molar refractivity (Wildman–Crippen MR) is 65.1 cm³/mol. The van der Waals surface area contributed by atoms with Gasteiger partial charge in [-0.1, -0.05) is 20.8 Å². The van der Waals surface area contributed by atoms with Gasteiger partial charge in [0.25, 0.3) is 0 Å². The second-order valence-corrected chi connectivity index (χ2v) is 6.44. The van der Waals surface area contributed by atoms with Crippen molar-refractivity contribution in [2.45, 2.75) is 58.5 Å². The maximum atomic E-state index is 3.70. The molecule has 0 aromatic heterocycles. The highest BCUT2D eigenvalue weighted by Gasteiger charge is 2.34. The van der Waals surface area contributed by atoms with Gasteiger partial charge in [0.1, 0.15) is 0 Å². The van der Waals surface area contributed by atoms with Crippen LogP contribution in [0.5, 0.6) is 0 Å². The summed E-state index contributed by atoms with van der Waals surface area (Å²) in [5, 5.41) is 3.70. The van der Waals surface area contributed by atoms with Gasteiger partial charge in [-0.25, -0.2) is 0 Å². The van der Waals surface area contributed by atoms with Gasteiger partial charge in [-0.3, -0.25) is 4.90 Å². The Bertz CT molecular complexity index is 205. The standard InChI is InChI=1S/C13H26N2/c1-13(2,3)10-15-9-5-6-11-12(15)7-4-8-14-11/h11-12,14H,4-10H2,1-3H3/t11-,12-/m1/s1. The minimum atomic E-state index is 0.444. The van der Waals surface area contributed by atoms with Crippen LogP contribution in [0.4, 0.5) is 0 Å². The van der Waals surface area contributed by atoms with Crippen molar-refractivity contribution < 1.29 is 0 Å². The number of rotatable bonds is 1. The molecule has 0 aromatic carbocycles. The predicted octanol–water partition coefficient (Wildman–Crippen LogP) is 2.25. The average Bonchev–Trinajstić information content (AvgIpc) is 2.16. The minimum absolute atomic E-state index is 0.444. The summed E-state index contributed by atoms with van der Waals surface area (Å²) in [5.41, 5.74) is 0.444. The van der Waals surface area contributed by atoms with Crippen LogP contribution in [0.1, 0.15) is 46.5 Å². The molecular formula is C13H26N2. The van der Waals surface area contributed by atoms with Crippen LogP contribution in [-0.2, 0) is 0 Å². The van der Waals surface area contributed by atoms with Crippen LogP contribution < -0.4 is 5.32 Å². The van der Waals surface area contributed by atoms with Gasteiger partial charge in [-0.05, 0) is 44.2 Å². The quantitative estimate of drug-likeness (QED) is 0.714. The van der Waals surface area contributed by atoms with E-state index in [0.717, 1.165) is 12.1 Å². The van der Waals surface area contributed by atoms with Crippen molar-refractivity contribution >= 4 is 0 Å². The van der Waals surface area contributed by atoms with Gasteiger partial charge in [0.2, 0.25) is 0 Å². The third-order valence-corrected chi connectivity index (χ3v) is 3.65. The molecule has 2 aliphatic rings. The molecule has 0 radical (unpaired) electrons. The second-order valence-electron chi connectivity index (χ2n) is 6.44. The van der Waals surface area contributed by atoms with E-state index in [1.807, 2.05) is 0 Å². The fourth-order valence-corrected chi connectivity index (χ4v) is 3.15. The Kier molecular flexibility index (Phi) is 3.36. The molecule has 0 aromatic rings. The molecule has 88 valence electrons. The summed E-state index contributed by atoms with van der Waals surface area (Å²) in [4.78, 5) is 2.74. The third kappa shape index (κ3) is 2.94. The average molecular weight is 210 g/mol. The number of nitrogens with one attached hydrogen (secondary N) is 1. The summed E-state index contributed by atoms with van der Waals surface area (Å²) in [5.74, 6) is 0. The molecule has 1 N–H and O–H groups in total. The van der Waals surface area contributed by atoms with E-state index in [-0.39, 0.29) is 0 Å². The number of hydrogen-bond donors (Lipinski definition) is 1. The summed E-state index contributed by atoms with van der Waals surface area (Å²) in [7, 11) is 0. The summed E-state index contributed by atoms with van der Waals surface area (Å²) in [6, 6.07) is 1.61. The molecule has 2 heteroatoms. The normalized spacial score (nSPS) is 33.8. The monoisotopic (exact) mass is 210 g/mol. The highest BCUT2D eigenvalue weighted by Crippen LogP contribution is 2.27. The molecule has 2 atom stereocenters. The molecule has 2 nitrogen and oxygen atoms in total. The molecule has 2 rings (SSSR count). The van der Waals surface area contributed by atoms with E-state index in [0.29, 0.717) is 5.41 Å². The van der Waals surface area contributed by atoms with Crippen LogP contribution in [0.15, 0.2) is 0 Å². The lowest BCUT2D eigenvalue weighted by atomic mass is 9.86. The molecule has 2 saturated heterocycles. The Morgan fingerprint density at radius 2 is 2.00 bits per heavy atom. The first-order valence-corrected chi connectivity index (χ1v) is 6.54. The molecule has 0 amide bonds. The van der Waals surface area contributed by atoms with Crippen LogP contribution in [0.2, 0.25) is 0 Å². The molecule has 0 bridgehead atoms. The lowest BCUT2D eigenvalue weighted by Gasteiger charge is -2.46. The second kappa shape index (κ2) is 4.42. The summed E-state index contributed by atoms with van der Waals surface area (Å²) < 4.78 is 0. The van der Waals surface area contributed by atoms with Gasteiger partial charge >= 0.3 is 0 Å². The van der Waals surface area contributed by atoms with Crippen molar-refractivity contribution in [1.29, 1.82) is 0 Å². The zero-order valence-electron chi connectivity index (χ0n) is 10.6. The third-order valence-electron chi connectivity index (χ3n) is 3.65. The van der Waals surface area contributed by atoms with Crippen molar-refractivity contribution in [3.8, 4) is 0 Å². The Hall–Kier alpha value is -0.0800. The van der Waals surface area contributed by atoms with E-state index in [9.17, 15) is 0 Å². The van der Waals surface area contributed by atoms with Gasteiger partial charge in [-0.2, -0.15) is 0 Å². The first kappa shape index (κ1) is 11.4. The van der Waals surface area contributed by atoms with Crippen molar-refractivity contribution in [1.82, 2.24) is 10.2 Å². The van der Waals surface area contributed by atoms with Gasteiger partial charge in [0.15, 0.2) is 0 Å². The number of piperidine rings is 2. The first-order chi connectivity index (χ1) is 7.06. The van der Waals surface area contributed by atoms with E-state index in [2.05, 4.69) is 31.0 Å². The van der Waals surface area contributed by atoms with Crippen LogP contribution >= 0.6 is 0 Å².